The molecule has 96 valence electrons. The van der Waals surface area contributed by atoms with Gasteiger partial charge in [-0.1, -0.05) is 18.2 Å². The number of ether oxygens (including phenoxy) is 1. The molecule has 0 spiro atoms. The molecule has 0 aliphatic rings. The maximum absolute atomic E-state index is 12.0. The van der Waals surface area contributed by atoms with Crippen LogP contribution in [-0.4, -0.2) is 29.1 Å². The Morgan fingerprint density at radius 2 is 1.82 bits per heavy atom. The standard InChI is InChI=1S/C11H13F3O3/c1-7(15)8-4-2-3-5-9(8)17-6-10(16)11(12,13)14/h2-5,7,10,15-16H,6H2,1H3/t7-,10?/m1/s1. The van der Waals surface area contributed by atoms with Gasteiger partial charge in [-0.05, 0) is 13.0 Å². The van der Waals surface area contributed by atoms with Gasteiger partial charge in [-0.3, -0.25) is 0 Å². The molecule has 0 radical (unpaired) electrons. The van der Waals surface area contributed by atoms with Crippen LogP contribution in [0.15, 0.2) is 24.3 Å². The fraction of sp³-hybridized carbons (Fsp3) is 0.455. The lowest BCUT2D eigenvalue weighted by Gasteiger charge is -2.17. The summed E-state index contributed by atoms with van der Waals surface area (Å²) in [7, 11) is 0. The van der Waals surface area contributed by atoms with Crippen LogP contribution in [0.2, 0.25) is 0 Å². The zero-order chi connectivity index (χ0) is 13.1. The monoisotopic (exact) mass is 250 g/mol. The molecule has 1 aromatic carbocycles. The first-order valence-corrected chi connectivity index (χ1v) is 4.97. The van der Waals surface area contributed by atoms with Gasteiger partial charge in [0.2, 0.25) is 0 Å². The predicted molar refractivity (Wildman–Crippen MR) is 54.6 cm³/mol. The molecule has 2 atom stereocenters. The summed E-state index contributed by atoms with van der Waals surface area (Å²) in [5.74, 6) is 0.130. The number of para-hydroxylation sites is 1. The zero-order valence-corrected chi connectivity index (χ0v) is 9.11. The molecule has 0 saturated carbocycles. The largest absolute Gasteiger partial charge is 0.490 e. The Morgan fingerprint density at radius 3 is 2.35 bits per heavy atom. The molecule has 0 fully saturated rings. The maximum atomic E-state index is 12.0. The Kier molecular flexibility index (Phi) is 4.36. The van der Waals surface area contributed by atoms with Crippen molar-refractivity contribution in [2.45, 2.75) is 25.3 Å². The zero-order valence-electron chi connectivity index (χ0n) is 9.11. The highest BCUT2D eigenvalue weighted by molar-refractivity contribution is 5.34. The molecule has 0 saturated heterocycles. The first-order chi connectivity index (χ1) is 7.82. The molecule has 1 rings (SSSR count). The smallest absolute Gasteiger partial charge is 0.417 e. The van der Waals surface area contributed by atoms with Gasteiger partial charge in [0.1, 0.15) is 12.4 Å². The van der Waals surface area contributed by atoms with Crippen molar-refractivity contribution < 1.29 is 28.1 Å². The van der Waals surface area contributed by atoms with Crippen LogP contribution in [-0.2, 0) is 0 Å². The van der Waals surface area contributed by atoms with E-state index in [4.69, 9.17) is 9.84 Å². The van der Waals surface area contributed by atoms with Crippen LogP contribution in [0.25, 0.3) is 0 Å². The fourth-order valence-electron chi connectivity index (χ4n) is 1.22. The van der Waals surface area contributed by atoms with Crippen LogP contribution in [0.3, 0.4) is 0 Å². The third kappa shape index (κ3) is 3.90. The lowest BCUT2D eigenvalue weighted by Crippen LogP contribution is -2.34. The van der Waals surface area contributed by atoms with E-state index in [1.165, 1.54) is 13.0 Å². The molecule has 1 unspecified atom stereocenters. The first-order valence-electron chi connectivity index (χ1n) is 4.97. The molecule has 0 aliphatic carbocycles. The Morgan fingerprint density at radius 1 is 1.24 bits per heavy atom. The van der Waals surface area contributed by atoms with Crippen molar-refractivity contribution in [3.05, 3.63) is 29.8 Å². The molecule has 0 amide bonds. The summed E-state index contributed by atoms with van der Waals surface area (Å²) in [5, 5.41) is 18.1. The molecule has 0 heterocycles. The van der Waals surface area contributed by atoms with Crippen LogP contribution >= 0.6 is 0 Å². The van der Waals surface area contributed by atoms with Gasteiger partial charge >= 0.3 is 6.18 Å². The molecule has 2 N–H and O–H groups in total. The summed E-state index contributed by atoms with van der Waals surface area (Å²) in [6.45, 7) is 0.579. The fourth-order valence-corrected chi connectivity index (χ4v) is 1.22. The minimum atomic E-state index is -4.71. The molecule has 1 aromatic rings. The van der Waals surface area contributed by atoms with E-state index in [0.717, 1.165) is 0 Å². The van der Waals surface area contributed by atoms with Gasteiger partial charge in [0.15, 0.2) is 6.10 Å². The Hall–Kier alpha value is -1.27. The van der Waals surface area contributed by atoms with E-state index in [2.05, 4.69) is 0 Å². The molecule has 0 aliphatic heterocycles. The molecule has 0 aromatic heterocycles. The van der Waals surface area contributed by atoms with E-state index in [9.17, 15) is 18.3 Å². The van der Waals surface area contributed by atoms with Crippen molar-refractivity contribution in [2.75, 3.05) is 6.61 Å². The second-order valence-corrected chi connectivity index (χ2v) is 3.58. The van der Waals surface area contributed by atoms with Gasteiger partial charge in [-0.2, -0.15) is 13.2 Å². The van der Waals surface area contributed by atoms with Crippen LogP contribution in [0.4, 0.5) is 13.2 Å². The van der Waals surface area contributed by atoms with Crippen LogP contribution in [0, 0.1) is 0 Å². The summed E-state index contributed by atoms with van der Waals surface area (Å²) in [5.41, 5.74) is 0.377. The molecule has 17 heavy (non-hydrogen) atoms. The summed E-state index contributed by atoms with van der Waals surface area (Å²) in [6.07, 6.45) is -8.10. The second-order valence-electron chi connectivity index (χ2n) is 3.58. The number of alkyl halides is 3. The van der Waals surface area contributed by atoms with Gasteiger partial charge < -0.3 is 14.9 Å². The minimum Gasteiger partial charge on any atom is -0.490 e. The quantitative estimate of drug-likeness (QED) is 0.859. The molecule has 6 heteroatoms. The van der Waals surface area contributed by atoms with Crippen LogP contribution in [0.5, 0.6) is 5.75 Å². The van der Waals surface area contributed by atoms with Crippen LogP contribution in [0.1, 0.15) is 18.6 Å². The van der Waals surface area contributed by atoms with E-state index >= 15 is 0 Å². The number of hydrogen-bond donors (Lipinski definition) is 2. The topological polar surface area (TPSA) is 49.7 Å². The summed E-state index contributed by atoms with van der Waals surface area (Å²) in [6, 6.07) is 6.18. The van der Waals surface area contributed by atoms with Gasteiger partial charge in [0.25, 0.3) is 0 Å². The Labute approximate surface area is 96.5 Å². The number of aliphatic hydroxyl groups is 2. The first kappa shape index (κ1) is 13.8. The molecular formula is C11H13F3O3. The van der Waals surface area contributed by atoms with Gasteiger partial charge in [-0.15, -0.1) is 0 Å². The van der Waals surface area contributed by atoms with E-state index in [0.29, 0.717) is 5.56 Å². The Bertz CT molecular complexity index is 363. The molecule has 3 nitrogen and oxygen atoms in total. The third-order valence-electron chi connectivity index (χ3n) is 2.14. The maximum Gasteiger partial charge on any atom is 0.417 e. The Balaban J connectivity index is 2.70. The predicted octanol–water partition coefficient (Wildman–Crippen LogP) is 2.04. The summed E-state index contributed by atoms with van der Waals surface area (Å²) >= 11 is 0. The number of benzene rings is 1. The highest BCUT2D eigenvalue weighted by Gasteiger charge is 2.38. The number of halogens is 3. The van der Waals surface area contributed by atoms with Crippen molar-refractivity contribution in [1.29, 1.82) is 0 Å². The van der Waals surface area contributed by atoms with Crippen molar-refractivity contribution in [1.82, 2.24) is 0 Å². The van der Waals surface area contributed by atoms with E-state index < -0.39 is 25.0 Å². The van der Waals surface area contributed by atoms with E-state index in [-0.39, 0.29) is 5.75 Å². The minimum absolute atomic E-state index is 0.130. The highest BCUT2D eigenvalue weighted by atomic mass is 19.4. The molecule has 0 bridgehead atoms. The number of rotatable bonds is 4. The SMILES string of the molecule is C[C@@H](O)c1ccccc1OCC(O)C(F)(F)F. The summed E-state index contributed by atoms with van der Waals surface area (Å²) in [4.78, 5) is 0. The van der Waals surface area contributed by atoms with Crippen molar-refractivity contribution >= 4 is 0 Å². The van der Waals surface area contributed by atoms with Crippen molar-refractivity contribution in [3.8, 4) is 5.75 Å². The van der Waals surface area contributed by atoms with E-state index in [1.54, 1.807) is 18.2 Å². The lowest BCUT2D eigenvalue weighted by atomic mass is 10.1. The molecular weight excluding hydrogens is 237 g/mol. The average molecular weight is 250 g/mol. The normalized spacial score (nSPS) is 15.4. The number of aliphatic hydroxyl groups excluding tert-OH is 2. The highest BCUT2D eigenvalue weighted by Crippen LogP contribution is 2.26. The lowest BCUT2D eigenvalue weighted by molar-refractivity contribution is -0.210. The van der Waals surface area contributed by atoms with Gasteiger partial charge in [0.05, 0.1) is 6.10 Å². The second kappa shape index (κ2) is 5.37. The van der Waals surface area contributed by atoms with Crippen molar-refractivity contribution in [2.24, 2.45) is 0 Å². The third-order valence-corrected chi connectivity index (χ3v) is 2.14. The summed E-state index contributed by atoms with van der Waals surface area (Å²) < 4.78 is 41.0. The number of hydrogen-bond acceptors (Lipinski definition) is 3. The van der Waals surface area contributed by atoms with Crippen molar-refractivity contribution in [3.63, 3.8) is 0 Å². The average Bonchev–Trinajstić information content (AvgIpc) is 2.24. The van der Waals surface area contributed by atoms with Crippen LogP contribution < -0.4 is 4.74 Å². The van der Waals surface area contributed by atoms with E-state index in [1.807, 2.05) is 0 Å². The van der Waals surface area contributed by atoms with Gasteiger partial charge in [-0.25, -0.2) is 0 Å². The van der Waals surface area contributed by atoms with Gasteiger partial charge in [0, 0.05) is 5.56 Å².